The molecule has 1 aliphatic heterocycles. The van der Waals surface area contributed by atoms with E-state index in [-0.39, 0.29) is 21.4 Å². The van der Waals surface area contributed by atoms with E-state index < -0.39 is 15.9 Å². The van der Waals surface area contributed by atoms with Crippen molar-refractivity contribution in [1.29, 1.82) is 0 Å². The lowest BCUT2D eigenvalue weighted by Gasteiger charge is -2.26. The van der Waals surface area contributed by atoms with E-state index in [9.17, 15) is 18.0 Å². The summed E-state index contributed by atoms with van der Waals surface area (Å²) in [5.74, 6) is 1.52. The Labute approximate surface area is 191 Å². The van der Waals surface area contributed by atoms with Gasteiger partial charge in [-0.1, -0.05) is 23.7 Å². The van der Waals surface area contributed by atoms with Crippen molar-refractivity contribution in [3.05, 3.63) is 58.6 Å². The van der Waals surface area contributed by atoms with Gasteiger partial charge in [0.2, 0.25) is 15.9 Å². The lowest BCUT2D eigenvalue weighted by atomic mass is 10.1. The molecule has 0 aromatic heterocycles. The van der Waals surface area contributed by atoms with Gasteiger partial charge in [0.1, 0.15) is 0 Å². The first-order chi connectivity index (χ1) is 14.7. The fourth-order valence-corrected chi connectivity index (χ4v) is 5.09. The molecular formula is C21H24ClN3O4S2. The summed E-state index contributed by atoms with van der Waals surface area (Å²) in [4.78, 5) is 26.9. The van der Waals surface area contributed by atoms with Crippen LogP contribution in [0.3, 0.4) is 0 Å². The van der Waals surface area contributed by atoms with E-state index in [0.717, 1.165) is 34.5 Å². The zero-order valence-corrected chi connectivity index (χ0v) is 19.7. The van der Waals surface area contributed by atoms with Gasteiger partial charge in [-0.3, -0.25) is 9.59 Å². The van der Waals surface area contributed by atoms with Crippen molar-refractivity contribution < 1.29 is 18.0 Å². The number of rotatable bonds is 6. The first kappa shape index (κ1) is 23.6. The van der Waals surface area contributed by atoms with Crippen LogP contribution < -0.4 is 5.32 Å². The molecule has 1 fully saturated rings. The van der Waals surface area contributed by atoms with Crippen LogP contribution in [0.4, 0.5) is 5.69 Å². The lowest BCUT2D eigenvalue weighted by Crippen LogP contribution is -2.38. The smallest absolute Gasteiger partial charge is 0.257 e. The molecule has 1 heterocycles. The molecule has 2 aromatic carbocycles. The molecule has 1 saturated heterocycles. The number of carbonyl (C=O) groups is 2. The second kappa shape index (κ2) is 10.0. The summed E-state index contributed by atoms with van der Waals surface area (Å²) >= 11 is 7.98. The first-order valence-electron chi connectivity index (χ1n) is 9.66. The molecule has 31 heavy (non-hydrogen) atoms. The molecule has 0 saturated carbocycles. The van der Waals surface area contributed by atoms with Crippen LogP contribution in [0.1, 0.15) is 15.9 Å². The molecular weight excluding hydrogens is 458 g/mol. The van der Waals surface area contributed by atoms with Crippen LogP contribution in [-0.4, -0.2) is 68.1 Å². The summed E-state index contributed by atoms with van der Waals surface area (Å²) in [5.41, 5.74) is 1.44. The number of benzene rings is 2. The molecule has 0 bridgehead atoms. The van der Waals surface area contributed by atoms with Gasteiger partial charge in [-0.15, -0.1) is 0 Å². The Morgan fingerprint density at radius 1 is 1.10 bits per heavy atom. The maximum absolute atomic E-state index is 12.7. The SMILES string of the molecule is CN(C)S(=O)(=O)c1ccc(Cl)c(C(=O)Nc2ccc(CC(=O)N3CCSCC3)cc2)c1. The van der Waals surface area contributed by atoms with Crippen LogP contribution in [0.2, 0.25) is 5.02 Å². The number of carbonyl (C=O) groups excluding carboxylic acids is 2. The predicted molar refractivity (Wildman–Crippen MR) is 124 cm³/mol. The average Bonchev–Trinajstić information content (AvgIpc) is 2.75. The second-order valence-corrected chi connectivity index (χ2v) is 11.0. The van der Waals surface area contributed by atoms with E-state index in [0.29, 0.717) is 12.1 Å². The number of nitrogens with one attached hydrogen (secondary N) is 1. The number of hydrogen-bond acceptors (Lipinski definition) is 5. The minimum atomic E-state index is -3.69. The van der Waals surface area contributed by atoms with Crippen LogP contribution in [-0.2, 0) is 21.2 Å². The summed E-state index contributed by atoms with van der Waals surface area (Å²) in [5, 5.41) is 2.87. The van der Waals surface area contributed by atoms with Gasteiger partial charge in [0.15, 0.2) is 0 Å². The van der Waals surface area contributed by atoms with Crippen molar-refractivity contribution >= 4 is 50.9 Å². The molecule has 7 nitrogen and oxygen atoms in total. The highest BCUT2D eigenvalue weighted by Crippen LogP contribution is 2.23. The Kier molecular flexibility index (Phi) is 7.64. The highest BCUT2D eigenvalue weighted by Gasteiger charge is 2.21. The molecule has 1 N–H and O–H groups in total. The molecule has 0 radical (unpaired) electrons. The van der Waals surface area contributed by atoms with E-state index in [2.05, 4.69) is 5.32 Å². The summed E-state index contributed by atoms with van der Waals surface area (Å²) in [6, 6.07) is 11.0. The molecule has 0 atom stereocenters. The van der Waals surface area contributed by atoms with Gasteiger partial charge < -0.3 is 10.2 Å². The van der Waals surface area contributed by atoms with Gasteiger partial charge in [0.25, 0.3) is 5.91 Å². The van der Waals surface area contributed by atoms with Crippen molar-refractivity contribution in [2.75, 3.05) is 44.0 Å². The third-order valence-corrected chi connectivity index (χ3v) is 7.98. The van der Waals surface area contributed by atoms with E-state index in [1.807, 2.05) is 16.7 Å². The number of nitrogens with zero attached hydrogens (tertiary/aromatic N) is 2. The van der Waals surface area contributed by atoms with Gasteiger partial charge in [-0.05, 0) is 35.9 Å². The number of amides is 2. The van der Waals surface area contributed by atoms with Crippen molar-refractivity contribution in [2.24, 2.45) is 0 Å². The van der Waals surface area contributed by atoms with Crippen LogP contribution in [0, 0.1) is 0 Å². The Morgan fingerprint density at radius 2 is 1.74 bits per heavy atom. The summed E-state index contributed by atoms with van der Waals surface area (Å²) in [7, 11) is -0.858. The topological polar surface area (TPSA) is 86.8 Å². The number of sulfonamides is 1. The Balaban J connectivity index is 1.69. The molecule has 0 unspecified atom stereocenters. The van der Waals surface area contributed by atoms with Crippen molar-refractivity contribution in [3.8, 4) is 0 Å². The maximum atomic E-state index is 12.7. The highest BCUT2D eigenvalue weighted by atomic mass is 35.5. The highest BCUT2D eigenvalue weighted by molar-refractivity contribution is 7.99. The fourth-order valence-electron chi connectivity index (χ4n) is 3.05. The molecule has 3 rings (SSSR count). The molecule has 1 aliphatic rings. The van der Waals surface area contributed by atoms with Gasteiger partial charge in [0.05, 0.1) is 21.9 Å². The van der Waals surface area contributed by atoms with E-state index in [1.54, 1.807) is 24.3 Å². The second-order valence-electron chi connectivity index (χ2n) is 7.25. The first-order valence-corrected chi connectivity index (χ1v) is 12.6. The third kappa shape index (κ3) is 5.79. The van der Waals surface area contributed by atoms with Crippen LogP contribution in [0.15, 0.2) is 47.4 Å². The number of thioether (sulfide) groups is 1. The largest absolute Gasteiger partial charge is 0.341 e. The third-order valence-electron chi connectivity index (χ3n) is 4.89. The van der Waals surface area contributed by atoms with Crippen LogP contribution in [0.25, 0.3) is 0 Å². The number of anilines is 1. The zero-order chi connectivity index (χ0) is 22.6. The average molecular weight is 482 g/mol. The van der Waals surface area contributed by atoms with E-state index >= 15 is 0 Å². The van der Waals surface area contributed by atoms with E-state index in [1.165, 1.54) is 32.3 Å². The van der Waals surface area contributed by atoms with Crippen LogP contribution >= 0.6 is 23.4 Å². The minimum absolute atomic E-state index is 0.0166. The Bertz CT molecular complexity index is 1070. The summed E-state index contributed by atoms with van der Waals surface area (Å²) in [6.45, 7) is 1.56. The molecule has 10 heteroatoms. The Morgan fingerprint density at radius 3 is 2.35 bits per heavy atom. The molecule has 0 spiro atoms. The quantitative estimate of drug-likeness (QED) is 0.685. The van der Waals surface area contributed by atoms with Crippen molar-refractivity contribution in [3.63, 3.8) is 0 Å². The van der Waals surface area contributed by atoms with Crippen molar-refractivity contribution in [1.82, 2.24) is 9.21 Å². The zero-order valence-electron chi connectivity index (χ0n) is 17.3. The Hall–Kier alpha value is -2.07. The van der Waals surface area contributed by atoms with Crippen LogP contribution in [0.5, 0.6) is 0 Å². The predicted octanol–water partition coefficient (Wildman–Crippen LogP) is 2.96. The summed E-state index contributed by atoms with van der Waals surface area (Å²) < 4.78 is 25.7. The molecule has 166 valence electrons. The van der Waals surface area contributed by atoms with Gasteiger partial charge in [-0.2, -0.15) is 11.8 Å². The maximum Gasteiger partial charge on any atom is 0.257 e. The number of halogens is 1. The normalized spacial score (nSPS) is 14.5. The lowest BCUT2D eigenvalue weighted by molar-refractivity contribution is -0.130. The van der Waals surface area contributed by atoms with Gasteiger partial charge in [0, 0.05) is 44.4 Å². The standard InChI is InChI=1S/C21H24ClN3O4S2/c1-24(2)31(28,29)17-7-8-19(22)18(14-17)21(27)23-16-5-3-15(4-6-16)13-20(26)25-9-11-30-12-10-25/h3-8,14H,9-13H2,1-2H3,(H,23,27). The molecule has 0 aliphatic carbocycles. The van der Waals surface area contributed by atoms with Gasteiger partial charge >= 0.3 is 0 Å². The van der Waals surface area contributed by atoms with Gasteiger partial charge in [-0.25, -0.2) is 12.7 Å². The van der Waals surface area contributed by atoms with Crippen molar-refractivity contribution in [2.45, 2.75) is 11.3 Å². The fraction of sp³-hybridized carbons (Fsp3) is 0.333. The monoisotopic (exact) mass is 481 g/mol. The molecule has 2 aromatic rings. The molecule has 2 amide bonds. The minimum Gasteiger partial charge on any atom is -0.341 e. The van der Waals surface area contributed by atoms with E-state index in [4.69, 9.17) is 11.6 Å². The number of hydrogen-bond donors (Lipinski definition) is 1. The summed E-state index contributed by atoms with van der Waals surface area (Å²) in [6.07, 6.45) is 0.315.